The molecule has 0 unspecified atom stereocenters. The summed E-state index contributed by atoms with van der Waals surface area (Å²) in [4.78, 5) is 4.57. The summed E-state index contributed by atoms with van der Waals surface area (Å²) in [5.74, 6) is 0.933. The van der Waals surface area contributed by atoms with Crippen LogP contribution >= 0.6 is 0 Å². The molecule has 2 N–H and O–H groups in total. The van der Waals surface area contributed by atoms with E-state index >= 15 is 0 Å². The topological polar surface area (TPSA) is 47.6 Å². The van der Waals surface area contributed by atoms with E-state index in [-0.39, 0.29) is 0 Å². The Labute approximate surface area is 48.8 Å². The van der Waals surface area contributed by atoms with Gasteiger partial charge in [0.05, 0.1) is 0 Å². The Hall–Kier alpha value is -0.990. The van der Waals surface area contributed by atoms with Crippen molar-refractivity contribution in [3.63, 3.8) is 0 Å². The van der Waals surface area contributed by atoms with E-state index in [1.807, 2.05) is 0 Å². The van der Waals surface area contributed by atoms with Crippen LogP contribution in [0.15, 0.2) is 17.5 Å². The van der Waals surface area contributed by atoms with Crippen LogP contribution < -0.4 is 5.73 Å². The molecule has 0 aliphatic heterocycles. The van der Waals surface area contributed by atoms with Gasteiger partial charge in [0.15, 0.2) is 0 Å². The first-order valence-electron chi connectivity index (χ1n) is 2.25. The van der Waals surface area contributed by atoms with E-state index in [2.05, 4.69) is 16.6 Å². The molecular formula is C5H10N2O. The van der Waals surface area contributed by atoms with Gasteiger partial charge in [-0.1, -0.05) is 11.7 Å². The number of nitrogens with two attached hydrogens (primary N) is 1. The van der Waals surface area contributed by atoms with Crippen LogP contribution in [-0.2, 0) is 4.84 Å². The number of hydrogen-bond acceptors (Lipinski definition) is 2. The monoisotopic (exact) mass is 114 g/mol. The maximum Gasteiger partial charge on any atom is 0.136 e. The molecule has 0 amide bonds. The first-order valence-corrected chi connectivity index (χ1v) is 2.25. The normalized spacial score (nSPS) is 11.0. The molecule has 0 spiro atoms. The van der Waals surface area contributed by atoms with Crippen LogP contribution in [-0.4, -0.2) is 5.84 Å². The molecule has 0 aromatic heterocycles. The van der Waals surface area contributed by atoms with Crippen molar-refractivity contribution in [2.24, 2.45) is 10.9 Å². The first kappa shape index (κ1) is 7.01. The lowest BCUT2D eigenvalue weighted by Crippen LogP contribution is -2.05. The second kappa shape index (κ2) is 3.07. The Balaban J connectivity index is 3.45. The third-order valence-electron chi connectivity index (χ3n) is 0.345. The zero-order valence-corrected chi connectivity index (χ0v) is 5.14. The minimum atomic E-state index is 0.396. The van der Waals surface area contributed by atoms with Crippen molar-refractivity contribution in [1.29, 1.82) is 0 Å². The molecule has 0 heterocycles. The molecule has 3 heteroatoms. The second-order valence-electron chi connectivity index (χ2n) is 1.53. The van der Waals surface area contributed by atoms with E-state index in [1.54, 1.807) is 13.8 Å². The number of nitrogens with zero attached hydrogens (tertiary/aromatic N) is 1. The molecule has 0 saturated carbocycles. The SMILES string of the molecule is C=C(C)O/N=C(\C)N. The molecule has 46 valence electrons. The lowest BCUT2D eigenvalue weighted by atomic mass is 10.7. The average Bonchev–Trinajstić information content (AvgIpc) is 1.61. The maximum absolute atomic E-state index is 5.12. The van der Waals surface area contributed by atoms with Crippen molar-refractivity contribution < 1.29 is 4.84 Å². The van der Waals surface area contributed by atoms with Gasteiger partial charge in [-0.3, -0.25) is 0 Å². The highest BCUT2D eigenvalue weighted by atomic mass is 16.6. The third kappa shape index (κ3) is 5.01. The summed E-state index contributed by atoms with van der Waals surface area (Å²) in [6, 6.07) is 0. The largest absolute Gasteiger partial charge is 0.385 e. The minimum Gasteiger partial charge on any atom is -0.385 e. The van der Waals surface area contributed by atoms with Crippen molar-refractivity contribution in [1.82, 2.24) is 0 Å². The number of rotatable bonds is 2. The van der Waals surface area contributed by atoms with E-state index in [9.17, 15) is 0 Å². The van der Waals surface area contributed by atoms with Crippen LogP contribution in [0.1, 0.15) is 13.8 Å². The molecule has 0 rings (SSSR count). The van der Waals surface area contributed by atoms with Crippen molar-refractivity contribution in [2.75, 3.05) is 0 Å². The smallest absolute Gasteiger partial charge is 0.136 e. The van der Waals surface area contributed by atoms with Crippen molar-refractivity contribution >= 4 is 5.84 Å². The van der Waals surface area contributed by atoms with Gasteiger partial charge in [-0.25, -0.2) is 0 Å². The zero-order valence-electron chi connectivity index (χ0n) is 5.14. The number of amidine groups is 1. The highest BCUT2D eigenvalue weighted by molar-refractivity contribution is 5.76. The van der Waals surface area contributed by atoms with Gasteiger partial charge in [-0.2, -0.15) is 0 Å². The zero-order chi connectivity index (χ0) is 6.57. The minimum absolute atomic E-state index is 0.396. The predicted octanol–water partition coefficient (Wildman–Crippen LogP) is 0.829. The molecule has 0 aromatic rings. The van der Waals surface area contributed by atoms with E-state index < -0.39 is 0 Å². The van der Waals surface area contributed by atoms with E-state index in [4.69, 9.17) is 5.73 Å². The van der Waals surface area contributed by atoms with Crippen molar-refractivity contribution in [3.05, 3.63) is 12.3 Å². The van der Waals surface area contributed by atoms with Gasteiger partial charge in [-0.15, -0.1) is 0 Å². The highest BCUT2D eigenvalue weighted by Gasteiger charge is 1.79. The lowest BCUT2D eigenvalue weighted by molar-refractivity contribution is 0.230. The molecular weight excluding hydrogens is 104 g/mol. The summed E-state index contributed by atoms with van der Waals surface area (Å²) in [5, 5.41) is 3.42. The van der Waals surface area contributed by atoms with Gasteiger partial charge in [0.2, 0.25) is 0 Å². The van der Waals surface area contributed by atoms with E-state index in [0.717, 1.165) is 0 Å². The summed E-state index contributed by atoms with van der Waals surface area (Å²) in [7, 11) is 0. The van der Waals surface area contributed by atoms with Gasteiger partial charge in [0.25, 0.3) is 0 Å². The van der Waals surface area contributed by atoms with Crippen LogP contribution in [0.4, 0.5) is 0 Å². The predicted molar refractivity (Wildman–Crippen MR) is 33.2 cm³/mol. The molecule has 0 saturated heterocycles. The van der Waals surface area contributed by atoms with Crippen molar-refractivity contribution in [2.45, 2.75) is 13.8 Å². The fraction of sp³-hybridized carbons (Fsp3) is 0.400. The van der Waals surface area contributed by atoms with E-state index in [0.29, 0.717) is 11.6 Å². The van der Waals surface area contributed by atoms with Crippen LogP contribution in [0, 0.1) is 0 Å². The molecule has 0 fully saturated rings. The summed E-state index contributed by atoms with van der Waals surface area (Å²) in [5.41, 5.74) is 5.12. The van der Waals surface area contributed by atoms with Gasteiger partial charge in [-0.05, 0) is 13.8 Å². The fourth-order valence-corrected chi connectivity index (χ4v) is 0.150. The van der Waals surface area contributed by atoms with Gasteiger partial charge in [0, 0.05) is 0 Å². The summed E-state index contributed by atoms with van der Waals surface area (Å²) in [6.07, 6.45) is 0. The van der Waals surface area contributed by atoms with Crippen LogP contribution in [0.2, 0.25) is 0 Å². The molecule has 0 bridgehead atoms. The third-order valence-corrected chi connectivity index (χ3v) is 0.345. The number of oxime groups is 1. The standard InChI is InChI=1S/C5H10N2O/c1-4(2)8-7-5(3)6/h1H2,2-3H3,(H2,6,7). The Morgan fingerprint density at radius 3 is 2.25 bits per heavy atom. The van der Waals surface area contributed by atoms with Crippen LogP contribution in [0.5, 0.6) is 0 Å². The van der Waals surface area contributed by atoms with Gasteiger partial charge in [0.1, 0.15) is 11.6 Å². The quantitative estimate of drug-likeness (QED) is 0.250. The average molecular weight is 114 g/mol. The molecule has 0 radical (unpaired) electrons. The number of allylic oxidation sites excluding steroid dienone is 1. The Morgan fingerprint density at radius 2 is 2.12 bits per heavy atom. The van der Waals surface area contributed by atoms with Crippen molar-refractivity contribution in [3.8, 4) is 0 Å². The summed E-state index contributed by atoms with van der Waals surface area (Å²) in [6.45, 7) is 6.78. The maximum atomic E-state index is 5.12. The van der Waals surface area contributed by atoms with Crippen LogP contribution in [0.3, 0.4) is 0 Å². The summed E-state index contributed by atoms with van der Waals surface area (Å²) < 4.78 is 0. The second-order valence-corrected chi connectivity index (χ2v) is 1.53. The Morgan fingerprint density at radius 1 is 1.62 bits per heavy atom. The summed E-state index contributed by atoms with van der Waals surface area (Å²) >= 11 is 0. The molecule has 0 atom stereocenters. The Kier molecular flexibility index (Phi) is 2.69. The van der Waals surface area contributed by atoms with Crippen LogP contribution in [0.25, 0.3) is 0 Å². The Bertz CT molecular complexity index is 114. The molecule has 0 aliphatic carbocycles. The first-order chi connectivity index (χ1) is 3.63. The molecule has 8 heavy (non-hydrogen) atoms. The van der Waals surface area contributed by atoms with E-state index in [1.165, 1.54) is 0 Å². The van der Waals surface area contributed by atoms with Gasteiger partial charge < -0.3 is 10.6 Å². The molecule has 0 aromatic carbocycles. The molecule has 3 nitrogen and oxygen atoms in total. The number of hydrogen-bond donors (Lipinski definition) is 1. The van der Waals surface area contributed by atoms with Gasteiger partial charge >= 0.3 is 0 Å². The lowest BCUT2D eigenvalue weighted by Gasteiger charge is -1.92. The highest BCUT2D eigenvalue weighted by Crippen LogP contribution is 1.88. The molecule has 0 aliphatic rings. The fourth-order valence-electron chi connectivity index (χ4n) is 0.150.